The summed E-state index contributed by atoms with van der Waals surface area (Å²) in [6, 6.07) is 5.28. The van der Waals surface area contributed by atoms with E-state index in [2.05, 4.69) is 17.6 Å². The third-order valence-corrected chi connectivity index (χ3v) is 6.68. The molecule has 0 saturated carbocycles. The van der Waals surface area contributed by atoms with Crippen molar-refractivity contribution in [1.29, 1.82) is 0 Å². The van der Waals surface area contributed by atoms with Gasteiger partial charge in [-0.15, -0.1) is 0 Å². The molecule has 1 aromatic carbocycles. The molecule has 1 unspecified atom stereocenters. The maximum Gasteiger partial charge on any atom is 0.308 e. The lowest BCUT2D eigenvalue weighted by atomic mass is 9.87. The van der Waals surface area contributed by atoms with Crippen molar-refractivity contribution in [2.75, 3.05) is 26.3 Å². The summed E-state index contributed by atoms with van der Waals surface area (Å²) in [6.07, 6.45) is 3.97. The molecule has 1 aromatic rings. The molecule has 2 amide bonds. The van der Waals surface area contributed by atoms with Crippen LogP contribution in [-0.4, -0.2) is 60.1 Å². The number of piperazine rings is 1. The zero-order valence-electron chi connectivity index (χ0n) is 22.3. The first-order valence-electron chi connectivity index (χ1n) is 12.8. The van der Waals surface area contributed by atoms with Gasteiger partial charge < -0.3 is 25.0 Å². The number of carbonyl (C=O) groups excluding carboxylic acids is 3. The molecule has 0 aromatic heterocycles. The molecule has 0 spiro atoms. The lowest BCUT2D eigenvalue weighted by Gasteiger charge is -2.37. The van der Waals surface area contributed by atoms with E-state index >= 15 is 0 Å². The highest BCUT2D eigenvalue weighted by molar-refractivity contribution is 7.80. The predicted molar refractivity (Wildman–Crippen MR) is 144 cm³/mol. The number of esters is 1. The van der Waals surface area contributed by atoms with Gasteiger partial charge in [0.15, 0.2) is 5.11 Å². The average molecular weight is 520 g/mol. The van der Waals surface area contributed by atoms with Gasteiger partial charge in [0.25, 0.3) is 0 Å². The van der Waals surface area contributed by atoms with Gasteiger partial charge in [0, 0.05) is 18.5 Å². The van der Waals surface area contributed by atoms with Crippen LogP contribution in [0.3, 0.4) is 0 Å². The molecule has 0 aliphatic carbocycles. The first-order valence-corrected chi connectivity index (χ1v) is 13.2. The topological polar surface area (TPSA) is 97.0 Å². The van der Waals surface area contributed by atoms with Crippen LogP contribution in [0.2, 0.25) is 0 Å². The van der Waals surface area contributed by atoms with Crippen molar-refractivity contribution in [3.8, 4) is 5.75 Å². The molecule has 1 atom stereocenters. The Morgan fingerprint density at radius 2 is 1.94 bits per heavy atom. The van der Waals surface area contributed by atoms with Crippen molar-refractivity contribution in [2.45, 2.75) is 79.2 Å². The summed E-state index contributed by atoms with van der Waals surface area (Å²) in [4.78, 5) is 39.4. The van der Waals surface area contributed by atoms with Crippen molar-refractivity contribution in [3.63, 3.8) is 0 Å². The maximum atomic E-state index is 13.0. The van der Waals surface area contributed by atoms with Gasteiger partial charge in [0.2, 0.25) is 11.8 Å². The maximum absolute atomic E-state index is 13.0. The number of carbonyl (C=O) groups is 3. The van der Waals surface area contributed by atoms with Crippen LogP contribution in [0.5, 0.6) is 5.75 Å². The lowest BCUT2D eigenvalue weighted by molar-refractivity contribution is -0.147. The number of thiocarbonyl (C=S) groups is 1. The fourth-order valence-electron chi connectivity index (χ4n) is 3.93. The molecule has 200 valence electrons. The van der Waals surface area contributed by atoms with E-state index in [0.717, 1.165) is 36.1 Å². The first-order chi connectivity index (χ1) is 17.0. The van der Waals surface area contributed by atoms with Crippen LogP contribution < -0.4 is 15.4 Å². The van der Waals surface area contributed by atoms with Crippen LogP contribution in [-0.2, 0) is 19.1 Å². The van der Waals surface area contributed by atoms with Crippen LogP contribution in [0.25, 0.3) is 0 Å². The number of aryl methyl sites for hydroxylation is 2. The molecular formula is C27H41N3O5S. The lowest BCUT2D eigenvalue weighted by Crippen LogP contribution is -2.61. The highest BCUT2D eigenvalue weighted by Crippen LogP contribution is 2.24. The van der Waals surface area contributed by atoms with Gasteiger partial charge in [-0.05, 0) is 62.5 Å². The zero-order chi connectivity index (χ0) is 26.7. The van der Waals surface area contributed by atoms with Gasteiger partial charge in [-0.3, -0.25) is 14.4 Å². The smallest absolute Gasteiger partial charge is 0.308 e. The molecule has 1 fully saturated rings. The minimum Gasteiger partial charge on any atom is -0.493 e. The van der Waals surface area contributed by atoms with Gasteiger partial charge in [0.1, 0.15) is 11.8 Å². The van der Waals surface area contributed by atoms with E-state index in [1.54, 1.807) is 4.90 Å². The first kappa shape index (κ1) is 29.5. The van der Waals surface area contributed by atoms with Crippen LogP contribution in [0.4, 0.5) is 0 Å². The van der Waals surface area contributed by atoms with E-state index in [1.807, 2.05) is 45.9 Å². The quantitative estimate of drug-likeness (QED) is 0.246. The standard InChI is InChI=1S/C27H41N3O5S/c1-6-7-8-15-35-23(31)18-21-24(32)28-13-14-30(21)26(36)29-25(33)27(4,5)12-9-16-34-22-17-19(2)10-11-20(22)3/h10-11,17,21H,6-9,12-16,18H2,1-5H3,(H,28,32)(H,29,33,36). The van der Waals surface area contributed by atoms with Crippen molar-refractivity contribution < 1.29 is 23.9 Å². The molecule has 2 N–H and O–H groups in total. The molecule has 0 bridgehead atoms. The summed E-state index contributed by atoms with van der Waals surface area (Å²) in [7, 11) is 0. The molecular weight excluding hydrogens is 478 g/mol. The van der Waals surface area contributed by atoms with Gasteiger partial charge >= 0.3 is 5.97 Å². The van der Waals surface area contributed by atoms with E-state index in [1.165, 1.54) is 0 Å². The Bertz CT molecular complexity index is 934. The molecule has 8 nitrogen and oxygen atoms in total. The molecule has 1 aliphatic heterocycles. The number of benzene rings is 1. The molecule has 1 saturated heterocycles. The van der Waals surface area contributed by atoms with Crippen molar-refractivity contribution in [1.82, 2.24) is 15.5 Å². The summed E-state index contributed by atoms with van der Waals surface area (Å²) in [5.74, 6) is -0.120. The second-order valence-corrected chi connectivity index (χ2v) is 10.4. The van der Waals surface area contributed by atoms with Crippen LogP contribution >= 0.6 is 12.2 Å². The largest absolute Gasteiger partial charge is 0.493 e. The number of nitrogens with zero attached hydrogens (tertiary/aromatic N) is 1. The summed E-state index contributed by atoms with van der Waals surface area (Å²) < 4.78 is 11.2. The summed E-state index contributed by atoms with van der Waals surface area (Å²) in [6.45, 7) is 11.4. The highest BCUT2D eigenvalue weighted by atomic mass is 32.1. The summed E-state index contributed by atoms with van der Waals surface area (Å²) in [5, 5.41) is 5.71. The number of hydrogen-bond donors (Lipinski definition) is 2. The van der Waals surface area contributed by atoms with E-state index < -0.39 is 17.4 Å². The number of rotatable bonds is 12. The fourth-order valence-corrected chi connectivity index (χ4v) is 4.24. The molecule has 36 heavy (non-hydrogen) atoms. The molecule has 2 rings (SSSR count). The SMILES string of the molecule is CCCCCOC(=O)CC1C(=O)NCCN1C(=S)NC(=O)C(C)(C)CCCOc1cc(C)ccc1C. The van der Waals surface area contributed by atoms with Gasteiger partial charge in [-0.25, -0.2) is 0 Å². The average Bonchev–Trinajstić information content (AvgIpc) is 2.82. The zero-order valence-corrected chi connectivity index (χ0v) is 23.1. The van der Waals surface area contributed by atoms with Gasteiger partial charge in [-0.1, -0.05) is 45.7 Å². The second-order valence-electron chi connectivity index (χ2n) is 10.00. The normalized spacial score (nSPS) is 15.8. The van der Waals surface area contributed by atoms with E-state index in [0.29, 0.717) is 39.1 Å². The van der Waals surface area contributed by atoms with Gasteiger partial charge in [-0.2, -0.15) is 0 Å². The summed E-state index contributed by atoms with van der Waals surface area (Å²) in [5.41, 5.74) is 1.52. The Kier molecular flexibility index (Phi) is 11.6. The Hall–Kier alpha value is -2.68. The van der Waals surface area contributed by atoms with Crippen molar-refractivity contribution in [3.05, 3.63) is 29.3 Å². The monoisotopic (exact) mass is 519 g/mol. The van der Waals surface area contributed by atoms with Crippen molar-refractivity contribution in [2.24, 2.45) is 5.41 Å². The Morgan fingerprint density at radius 3 is 2.67 bits per heavy atom. The Labute approximate surface area is 220 Å². The molecule has 9 heteroatoms. The number of unbranched alkanes of at least 4 members (excludes halogenated alkanes) is 2. The van der Waals surface area contributed by atoms with E-state index in [4.69, 9.17) is 21.7 Å². The molecule has 0 radical (unpaired) electrons. The Morgan fingerprint density at radius 1 is 1.19 bits per heavy atom. The van der Waals surface area contributed by atoms with E-state index in [-0.39, 0.29) is 23.3 Å². The van der Waals surface area contributed by atoms with Crippen LogP contribution in [0, 0.1) is 19.3 Å². The number of hydrogen-bond acceptors (Lipinski definition) is 6. The summed E-state index contributed by atoms with van der Waals surface area (Å²) >= 11 is 5.49. The number of amides is 2. The number of ether oxygens (including phenoxy) is 2. The highest BCUT2D eigenvalue weighted by Gasteiger charge is 2.36. The second kappa shape index (κ2) is 14.2. The van der Waals surface area contributed by atoms with Crippen LogP contribution in [0.1, 0.15) is 70.4 Å². The van der Waals surface area contributed by atoms with Crippen molar-refractivity contribution >= 4 is 35.1 Å². The predicted octanol–water partition coefficient (Wildman–Crippen LogP) is 3.81. The third kappa shape index (κ3) is 9.08. The fraction of sp³-hybridized carbons (Fsp3) is 0.630. The molecule has 1 heterocycles. The van der Waals surface area contributed by atoms with E-state index in [9.17, 15) is 14.4 Å². The Balaban J connectivity index is 1.87. The van der Waals surface area contributed by atoms with Crippen LogP contribution in [0.15, 0.2) is 18.2 Å². The minimum atomic E-state index is -0.806. The third-order valence-electron chi connectivity index (χ3n) is 6.35. The number of nitrogens with one attached hydrogen (secondary N) is 2. The molecule has 1 aliphatic rings. The minimum absolute atomic E-state index is 0.118. The van der Waals surface area contributed by atoms with Gasteiger partial charge in [0.05, 0.1) is 19.6 Å².